The van der Waals surface area contributed by atoms with Crippen LogP contribution < -0.4 is 0 Å². The van der Waals surface area contributed by atoms with Crippen molar-refractivity contribution < 1.29 is 27.5 Å². The van der Waals surface area contributed by atoms with Crippen LogP contribution in [0.25, 0.3) is 5.76 Å². The number of likely N-dealkylation sites (tertiary alicyclic amines) is 1. The Kier molecular flexibility index (Phi) is 6.51. The summed E-state index contributed by atoms with van der Waals surface area (Å²) in [7, 11) is -0.929. The van der Waals surface area contributed by atoms with Crippen LogP contribution in [-0.4, -0.2) is 53.5 Å². The number of Topliss-reactive ketones (excluding diaryl/α,β-unsaturated/α-hetero) is 1. The van der Waals surface area contributed by atoms with Gasteiger partial charge in [-0.05, 0) is 42.0 Å². The lowest BCUT2D eigenvalue weighted by atomic mass is 9.95. The maximum absolute atomic E-state index is 14.9. The number of pyridine rings is 1. The van der Waals surface area contributed by atoms with Crippen LogP contribution in [0.4, 0.5) is 4.39 Å². The molecule has 2 aromatic carbocycles. The fourth-order valence-electron chi connectivity index (χ4n) is 3.90. The summed E-state index contributed by atoms with van der Waals surface area (Å²) in [6.45, 7) is -0.0335. The molecule has 1 aliphatic heterocycles. The van der Waals surface area contributed by atoms with E-state index < -0.39 is 39.3 Å². The Hall–Kier alpha value is -3.89. The predicted octanol–water partition coefficient (Wildman–Crippen LogP) is 3.09. The number of sulfonamides is 1. The number of hydrogen-bond acceptors (Lipinski definition) is 6. The maximum Gasteiger partial charge on any atom is 0.295 e. The second-order valence-electron chi connectivity index (χ2n) is 8.12. The summed E-state index contributed by atoms with van der Waals surface area (Å²) in [5.41, 5.74) is 0.494. The van der Waals surface area contributed by atoms with Gasteiger partial charge in [-0.25, -0.2) is 17.1 Å². The van der Waals surface area contributed by atoms with Gasteiger partial charge < -0.3 is 10.0 Å². The first-order valence-electron chi connectivity index (χ1n) is 10.6. The van der Waals surface area contributed by atoms with Gasteiger partial charge in [0.05, 0.1) is 16.5 Å². The smallest absolute Gasteiger partial charge is 0.295 e. The van der Waals surface area contributed by atoms with Crippen LogP contribution in [0.15, 0.2) is 83.5 Å². The van der Waals surface area contributed by atoms with Crippen molar-refractivity contribution in [1.82, 2.24) is 14.2 Å². The summed E-state index contributed by atoms with van der Waals surface area (Å²) in [5.74, 6) is -3.03. The average Bonchev–Trinajstić information content (AvgIpc) is 3.09. The number of carbonyl (C=O) groups excluding carboxylic acids is 2. The molecule has 0 spiro atoms. The summed E-state index contributed by atoms with van der Waals surface area (Å²) in [6, 6.07) is 13.1. The molecule has 35 heavy (non-hydrogen) atoms. The van der Waals surface area contributed by atoms with Gasteiger partial charge in [-0.1, -0.05) is 24.3 Å². The summed E-state index contributed by atoms with van der Waals surface area (Å²) >= 11 is 0. The van der Waals surface area contributed by atoms with E-state index in [1.54, 1.807) is 24.4 Å². The van der Waals surface area contributed by atoms with Crippen LogP contribution in [0.2, 0.25) is 0 Å². The molecule has 0 saturated carbocycles. The van der Waals surface area contributed by atoms with Gasteiger partial charge in [-0.15, -0.1) is 0 Å². The van der Waals surface area contributed by atoms with Crippen molar-refractivity contribution >= 4 is 27.5 Å². The fraction of sp³-hybridized carbons (Fsp3) is 0.160. The number of halogens is 1. The van der Waals surface area contributed by atoms with Gasteiger partial charge >= 0.3 is 0 Å². The lowest BCUT2D eigenvalue weighted by molar-refractivity contribution is -0.140. The monoisotopic (exact) mass is 495 g/mol. The Morgan fingerprint density at radius 1 is 1.06 bits per heavy atom. The molecule has 0 unspecified atom stereocenters. The Morgan fingerprint density at radius 2 is 1.74 bits per heavy atom. The minimum atomic E-state index is -3.71. The third-order valence-electron chi connectivity index (χ3n) is 5.72. The molecule has 1 N–H and O–H groups in total. The number of carbonyl (C=O) groups is 2. The minimum absolute atomic E-state index is 0.0123. The van der Waals surface area contributed by atoms with E-state index in [-0.39, 0.29) is 28.1 Å². The lowest BCUT2D eigenvalue weighted by Gasteiger charge is -2.25. The highest BCUT2D eigenvalue weighted by Gasteiger charge is 2.47. The molecular weight excluding hydrogens is 473 g/mol. The third kappa shape index (κ3) is 4.45. The number of aliphatic hydroxyl groups excluding tert-OH is 1. The molecule has 4 rings (SSSR count). The molecule has 1 saturated heterocycles. The summed E-state index contributed by atoms with van der Waals surface area (Å²) in [5, 5.41) is 11.1. The highest BCUT2D eigenvalue weighted by Crippen LogP contribution is 2.41. The second kappa shape index (κ2) is 9.40. The van der Waals surface area contributed by atoms with Crippen LogP contribution >= 0.6 is 0 Å². The van der Waals surface area contributed by atoms with Crippen LogP contribution in [0.1, 0.15) is 22.7 Å². The second-order valence-corrected chi connectivity index (χ2v) is 10.3. The molecule has 3 aromatic rings. The topological polar surface area (TPSA) is 108 Å². The molecule has 10 heteroatoms. The molecule has 180 valence electrons. The Bertz CT molecular complexity index is 1420. The highest BCUT2D eigenvalue weighted by molar-refractivity contribution is 7.89. The maximum atomic E-state index is 14.9. The normalized spacial score (nSPS) is 17.8. The standard InChI is InChI=1S/C25H22FN3O5S/c1-28(2)35(33,34)18-11-9-17(10-12-18)23(30)21-22(19-7-3-4-8-20(19)26)29(25(32)24(21)31)15-16-6-5-13-27-14-16/h3-14,22,30H,15H2,1-2H3/b23-21+/t22-/m0/s1. The zero-order valence-corrected chi connectivity index (χ0v) is 19.7. The molecule has 1 atom stereocenters. The van der Waals surface area contributed by atoms with Gasteiger partial charge in [0.25, 0.3) is 11.7 Å². The van der Waals surface area contributed by atoms with Crippen LogP contribution in [-0.2, 0) is 26.2 Å². The number of rotatable bonds is 6. The Morgan fingerprint density at radius 3 is 2.34 bits per heavy atom. The van der Waals surface area contributed by atoms with Gasteiger partial charge in [0, 0.05) is 44.2 Å². The van der Waals surface area contributed by atoms with Crippen LogP contribution in [0.5, 0.6) is 0 Å². The summed E-state index contributed by atoms with van der Waals surface area (Å²) < 4.78 is 40.6. The van der Waals surface area contributed by atoms with Crippen molar-refractivity contribution in [2.45, 2.75) is 17.5 Å². The highest BCUT2D eigenvalue weighted by atomic mass is 32.2. The number of amides is 1. The average molecular weight is 496 g/mol. The first-order chi connectivity index (χ1) is 16.6. The van der Waals surface area contributed by atoms with E-state index in [2.05, 4.69) is 4.98 Å². The Labute approximate surface area is 202 Å². The number of aromatic nitrogens is 1. The first-order valence-corrected chi connectivity index (χ1v) is 12.0. The molecule has 8 nitrogen and oxygen atoms in total. The van der Waals surface area contributed by atoms with E-state index in [0.29, 0.717) is 5.56 Å². The summed E-state index contributed by atoms with van der Waals surface area (Å²) in [4.78, 5) is 31.3. The summed E-state index contributed by atoms with van der Waals surface area (Å²) in [6.07, 6.45) is 3.09. The van der Waals surface area contributed by atoms with Crippen LogP contribution in [0.3, 0.4) is 0 Å². The minimum Gasteiger partial charge on any atom is -0.507 e. The number of benzene rings is 2. The van der Waals surface area contributed by atoms with Crippen molar-refractivity contribution in [2.24, 2.45) is 0 Å². The molecule has 2 heterocycles. The molecule has 0 aliphatic carbocycles. The lowest BCUT2D eigenvalue weighted by Crippen LogP contribution is -2.29. The zero-order valence-electron chi connectivity index (χ0n) is 18.9. The van der Waals surface area contributed by atoms with Crippen molar-refractivity contribution in [2.75, 3.05) is 14.1 Å². The largest absolute Gasteiger partial charge is 0.507 e. The van der Waals surface area contributed by atoms with Gasteiger partial charge in [-0.3, -0.25) is 14.6 Å². The van der Waals surface area contributed by atoms with E-state index in [1.807, 2.05) is 0 Å². The van der Waals surface area contributed by atoms with Crippen molar-refractivity contribution in [3.05, 3.63) is 101 Å². The van der Waals surface area contributed by atoms with E-state index in [4.69, 9.17) is 0 Å². The fourth-order valence-corrected chi connectivity index (χ4v) is 4.80. The molecule has 0 radical (unpaired) electrons. The van der Waals surface area contributed by atoms with Gasteiger partial charge in [-0.2, -0.15) is 0 Å². The molecule has 0 bridgehead atoms. The van der Waals surface area contributed by atoms with E-state index in [1.165, 1.54) is 67.7 Å². The number of aliphatic hydroxyl groups is 1. The van der Waals surface area contributed by atoms with Crippen LogP contribution in [0, 0.1) is 5.82 Å². The Balaban J connectivity index is 1.84. The number of hydrogen-bond donors (Lipinski definition) is 1. The van der Waals surface area contributed by atoms with Gasteiger partial charge in [0.15, 0.2) is 0 Å². The molecule has 1 fully saturated rings. The van der Waals surface area contributed by atoms with Crippen molar-refractivity contribution in [3.8, 4) is 0 Å². The van der Waals surface area contributed by atoms with Crippen molar-refractivity contribution in [1.29, 1.82) is 0 Å². The van der Waals surface area contributed by atoms with Gasteiger partial charge in [0.1, 0.15) is 11.6 Å². The molecule has 1 amide bonds. The zero-order chi connectivity index (χ0) is 25.3. The van der Waals surface area contributed by atoms with E-state index in [0.717, 1.165) is 4.31 Å². The third-order valence-corrected chi connectivity index (χ3v) is 7.55. The molecule has 1 aromatic heterocycles. The first kappa shape index (κ1) is 24.2. The number of nitrogens with zero attached hydrogens (tertiary/aromatic N) is 3. The molecular formula is C25H22FN3O5S. The van der Waals surface area contributed by atoms with E-state index >= 15 is 0 Å². The number of ketones is 1. The van der Waals surface area contributed by atoms with E-state index in [9.17, 15) is 27.5 Å². The van der Waals surface area contributed by atoms with Crippen molar-refractivity contribution in [3.63, 3.8) is 0 Å². The predicted molar refractivity (Wildman–Crippen MR) is 126 cm³/mol. The SMILES string of the molecule is CN(C)S(=O)(=O)c1ccc(/C(O)=C2\C(=O)C(=O)N(Cc3cccnc3)[C@H]2c2ccccc2F)cc1. The molecule has 1 aliphatic rings. The quantitative estimate of drug-likeness (QED) is 0.320. The van der Waals surface area contributed by atoms with Gasteiger partial charge in [0.2, 0.25) is 10.0 Å².